The SMILES string of the molecule is N#Cc1c(Cl)nc2c(ccn2[C@@H]2O[C@H](COP(=O)(O)CP(=O)(O)O)[C@@H](O)[C@@H]2F)c1NC1CC(F)(F)C1. The molecule has 5 N–H and O–H groups in total. The average molecular weight is 575 g/mol. The first-order valence-corrected chi connectivity index (χ1v) is 14.3. The molecule has 0 amide bonds. The number of aliphatic hydroxyl groups excluding tert-OH is 1. The minimum atomic E-state index is -4.90. The molecule has 1 aliphatic carbocycles. The van der Waals surface area contributed by atoms with Crippen molar-refractivity contribution in [2.75, 3.05) is 17.8 Å². The average Bonchev–Trinajstić information content (AvgIpc) is 3.24. The smallest absolute Gasteiger partial charge is 0.340 e. The number of nitrogens with zero attached hydrogens (tertiary/aromatic N) is 3. The summed E-state index contributed by atoms with van der Waals surface area (Å²) in [6.07, 6.45) is -6.59. The van der Waals surface area contributed by atoms with Crippen LogP contribution in [0.1, 0.15) is 24.6 Å². The van der Waals surface area contributed by atoms with Gasteiger partial charge in [-0.25, -0.2) is 18.2 Å². The van der Waals surface area contributed by atoms with Crippen LogP contribution in [0.5, 0.6) is 0 Å². The lowest BCUT2D eigenvalue weighted by Gasteiger charge is -2.36. The zero-order chi connectivity index (χ0) is 26.6. The highest BCUT2D eigenvalue weighted by atomic mass is 35.5. The molecule has 12 nitrogen and oxygen atoms in total. The van der Waals surface area contributed by atoms with Crippen LogP contribution in [0.3, 0.4) is 0 Å². The molecule has 2 aliphatic rings. The molecule has 1 saturated carbocycles. The second-order valence-corrected chi connectivity index (χ2v) is 12.9. The fraction of sp³-hybridized carbons (Fsp3) is 0.556. The molecule has 4 rings (SSSR count). The number of fused-ring (bicyclic) bond motifs is 1. The molecule has 0 spiro atoms. The van der Waals surface area contributed by atoms with E-state index in [0.717, 1.165) is 4.57 Å². The monoisotopic (exact) mass is 574 g/mol. The van der Waals surface area contributed by atoms with E-state index in [1.807, 2.05) is 6.07 Å². The molecular weight excluding hydrogens is 555 g/mol. The number of hydrogen-bond acceptors (Lipinski definition) is 8. The van der Waals surface area contributed by atoms with E-state index in [-0.39, 0.29) is 27.4 Å². The van der Waals surface area contributed by atoms with Gasteiger partial charge in [0.15, 0.2) is 23.5 Å². The summed E-state index contributed by atoms with van der Waals surface area (Å²) < 4.78 is 75.6. The van der Waals surface area contributed by atoms with Crippen LogP contribution in [0.25, 0.3) is 11.0 Å². The fourth-order valence-corrected chi connectivity index (χ4v) is 6.88. The molecule has 1 saturated heterocycles. The van der Waals surface area contributed by atoms with Crippen LogP contribution in [0.2, 0.25) is 5.15 Å². The summed E-state index contributed by atoms with van der Waals surface area (Å²) in [5, 5.41) is 22.6. The van der Waals surface area contributed by atoms with Gasteiger partial charge >= 0.3 is 15.2 Å². The fourth-order valence-electron chi connectivity index (χ4n) is 4.09. The third-order valence-corrected chi connectivity index (χ3v) is 9.47. The Kier molecular flexibility index (Phi) is 7.24. The number of anilines is 1. The van der Waals surface area contributed by atoms with Crippen molar-refractivity contribution >= 4 is 43.5 Å². The van der Waals surface area contributed by atoms with Crippen molar-refractivity contribution in [1.82, 2.24) is 9.55 Å². The van der Waals surface area contributed by atoms with Gasteiger partial charge in [0.2, 0.25) is 0 Å². The van der Waals surface area contributed by atoms with Crippen molar-refractivity contribution in [3.63, 3.8) is 0 Å². The van der Waals surface area contributed by atoms with Crippen LogP contribution in [0, 0.1) is 11.3 Å². The van der Waals surface area contributed by atoms with Gasteiger partial charge in [0.05, 0.1) is 12.3 Å². The molecule has 2 aromatic heterocycles. The molecule has 1 unspecified atom stereocenters. The van der Waals surface area contributed by atoms with Crippen LogP contribution in [-0.4, -0.2) is 72.2 Å². The van der Waals surface area contributed by atoms with Crippen LogP contribution in [0.4, 0.5) is 18.9 Å². The van der Waals surface area contributed by atoms with Gasteiger partial charge in [0.1, 0.15) is 29.5 Å². The maximum Gasteiger partial charge on any atom is 0.340 e. The van der Waals surface area contributed by atoms with Gasteiger partial charge in [-0.1, -0.05) is 11.6 Å². The van der Waals surface area contributed by atoms with Crippen LogP contribution in [-0.2, 0) is 18.4 Å². The highest BCUT2D eigenvalue weighted by molar-refractivity contribution is 7.70. The highest BCUT2D eigenvalue weighted by Crippen LogP contribution is 2.55. The Morgan fingerprint density at radius 2 is 2.03 bits per heavy atom. The molecule has 36 heavy (non-hydrogen) atoms. The molecule has 2 aromatic rings. The van der Waals surface area contributed by atoms with E-state index in [4.69, 9.17) is 26.1 Å². The first kappa shape index (κ1) is 27.3. The number of aromatic nitrogens is 2. The number of aliphatic hydroxyl groups is 1. The molecule has 0 radical (unpaired) electrons. The molecule has 0 aromatic carbocycles. The van der Waals surface area contributed by atoms with Crippen molar-refractivity contribution in [1.29, 1.82) is 5.26 Å². The summed E-state index contributed by atoms with van der Waals surface area (Å²) in [5.41, 5.74) is 0.0268. The Bertz CT molecular complexity index is 1310. The Morgan fingerprint density at radius 1 is 1.36 bits per heavy atom. The quantitative estimate of drug-likeness (QED) is 0.230. The van der Waals surface area contributed by atoms with Crippen molar-refractivity contribution in [3.05, 3.63) is 23.0 Å². The Balaban J connectivity index is 1.58. The van der Waals surface area contributed by atoms with E-state index in [2.05, 4.69) is 14.8 Å². The second kappa shape index (κ2) is 9.54. The van der Waals surface area contributed by atoms with E-state index in [0.29, 0.717) is 0 Å². The number of halogens is 4. The number of nitriles is 1. The van der Waals surface area contributed by atoms with E-state index < -0.39 is 77.1 Å². The first-order chi connectivity index (χ1) is 16.6. The van der Waals surface area contributed by atoms with E-state index in [1.54, 1.807) is 0 Å². The number of alkyl halides is 3. The van der Waals surface area contributed by atoms with Gasteiger partial charge in [0.25, 0.3) is 5.92 Å². The zero-order valence-electron chi connectivity index (χ0n) is 18.0. The molecule has 198 valence electrons. The summed E-state index contributed by atoms with van der Waals surface area (Å²) in [4.78, 5) is 31.4. The van der Waals surface area contributed by atoms with Crippen molar-refractivity contribution in [3.8, 4) is 6.07 Å². The topological polar surface area (TPSA) is 187 Å². The van der Waals surface area contributed by atoms with Gasteiger partial charge in [-0.15, -0.1) is 0 Å². The van der Waals surface area contributed by atoms with Gasteiger partial charge < -0.3 is 38.9 Å². The first-order valence-electron chi connectivity index (χ1n) is 10.3. The summed E-state index contributed by atoms with van der Waals surface area (Å²) in [6.45, 7) is -0.861. The Morgan fingerprint density at radius 3 is 2.61 bits per heavy atom. The van der Waals surface area contributed by atoms with Crippen LogP contribution >= 0.6 is 26.8 Å². The minimum Gasteiger partial charge on any atom is -0.387 e. The van der Waals surface area contributed by atoms with Gasteiger partial charge in [-0.3, -0.25) is 9.13 Å². The van der Waals surface area contributed by atoms with Crippen molar-refractivity contribution in [2.45, 2.75) is 49.4 Å². The number of pyridine rings is 1. The molecule has 18 heteroatoms. The molecule has 1 aliphatic heterocycles. The van der Waals surface area contributed by atoms with Gasteiger partial charge in [-0.05, 0) is 6.07 Å². The molecule has 5 atom stereocenters. The maximum absolute atomic E-state index is 15.0. The number of rotatable bonds is 8. The van der Waals surface area contributed by atoms with Crippen molar-refractivity contribution in [2.24, 2.45) is 0 Å². The maximum atomic E-state index is 15.0. The summed E-state index contributed by atoms with van der Waals surface area (Å²) >= 11 is 6.13. The summed E-state index contributed by atoms with van der Waals surface area (Å²) in [5.74, 6) is -4.30. The lowest BCUT2D eigenvalue weighted by molar-refractivity contribution is -0.0793. The second-order valence-electron chi connectivity index (χ2n) is 8.57. The predicted molar refractivity (Wildman–Crippen MR) is 119 cm³/mol. The van der Waals surface area contributed by atoms with Gasteiger partial charge in [-0.2, -0.15) is 5.26 Å². The van der Waals surface area contributed by atoms with E-state index in [9.17, 15) is 33.2 Å². The normalized spacial score (nSPS) is 28.0. The molecule has 0 bridgehead atoms. The van der Waals surface area contributed by atoms with Crippen LogP contribution < -0.4 is 5.32 Å². The number of ether oxygens (including phenoxy) is 1. The minimum absolute atomic E-state index is 0.00308. The summed E-state index contributed by atoms with van der Waals surface area (Å²) in [7, 11) is -9.68. The van der Waals surface area contributed by atoms with Crippen molar-refractivity contribution < 1.29 is 51.3 Å². The third kappa shape index (κ3) is 5.57. The Labute approximate surface area is 206 Å². The third-order valence-electron chi connectivity index (χ3n) is 5.74. The standard InChI is InChI=1S/C18H20ClF3N4O8P2/c19-15-10(5-23)13(24-8-3-18(21,22)4-8)9-1-2-26(16(9)25-15)17-12(20)14(27)11(34-17)6-33-36(31,32)7-35(28,29)30/h1-2,8,11-12,14,17,27H,3-4,6-7H2,(H,24,25)(H,31,32)(H2,28,29,30)/t11-,12+,14-,17-/m1/s1. The highest BCUT2D eigenvalue weighted by Gasteiger charge is 2.48. The lowest BCUT2D eigenvalue weighted by atomic mass is 9.88. The molecular formula is C18H20ClF3N4O8P2. The van der Waals surface area contributed by atoms with Gasteiger partial charge in [0, 0.05) is 30.5 Å². The number of hydrogen-bond donors (Lipinski definition) is 5. The number of nitrogens with one attached hydrogen (secondary N) is 1. The zero-order valence-corrected chi connectivity index (χ0v) is 20.6. The Hall–Kier alpha value is -1.72. The lowest BCUT2D eigenvalue weighted by Crippen LogP contribution is -2.44. The molecule has 3 heterocycles. The predicted octanol–water partition coefficient (Wildman–Crippen LogP) is 2.70. The van der Waals surface area contributed by atoms with E-state index >= 15 is 4.39 Å². The molecule has 2 fully saturated rings. The van der Waals surface area contributed by atoms with Crippen LogP contribution in [0.15, 0.2) is 12.3 Å². The largest absolute Gasteiger partial charge is 0.387 e. The van der Waals surface area contributed by atoms with E-state index in [1.165, 1.54) is 12.3 Å². The summed E-state index contributed by atoms with van der Waals surface area (Å²) in [6, 6.07) is 2.64.